The van der Waals surface area contributed by atoms with Crippen molar-refractivity contribution >= 4 is 11.6 Å². The number of alkyl halides is 3. The number of amides is 1. The van der Waals surface area contributed by atoms with E-state index in [1.54, 1.807) is 29.4 Å². The predicted molar refractivity (Wildman–Crippen MR) is 114 cm³/mol. The highest BCUT2D eigenvalue weighted by Crippen LogP contribution is 2.29. The Morgan fingerprint density at radius 3 is 2.47 bits per heavy atom. The van der Waals surface area contributed by atoms with Gasteiger partial charge in [-0.15, -0.1) is 13.2 Å². The van der Waals surface area contributed by atoms with E-state index in [2.05, 4.69) is 25.1 Å². The smallest absolute Gasteiger partial charge is 0.406 e. The average Bonchev–Trinajstić information content (AvgIpc) is 3.36. The zero-order chi connectivity index (χ0) is 24.7. The second kappa shape index (κ2) is 8.45. The monoisotopic (exact) mass is 474 g/mol. The summed E-state index contributed by atoms with van der Waals surface area (Å²) in [5.41, 5.74) is 0.176. The van der Waals surface area contributed by atoms with E-state index < -0.39 is 29.7 Å². The summed E-state index contributed by atoms with van der Waals surface area (Å²) in [4.78, 5) is 21.8. The van der Waals surface area contributed by atoms with E-state index in [0.717, 1.165) is 17.8 Å². The highest BCUT2D eigenvalue weighted by Gasteiger charge is 2.33. The molecule has 0 fully saturated rings. The molecular formula is C22H21F3N6O3. The number of fused-ring (bicyclic) bond motifs is 1. The number of aliphatic hydroxyl groups is 1. The standard InChI is InChI=1S/C22H21F3N6O3/c1-13-11-30(12-26-13)17-8-9-31-19(28-17)16(10-27-31)20(32)29-18(21(2,3)33)14-4-6-15(7-5-14)34-22(23,24)25/h4-12,18,33H,1-3H3,(H,29,32)/t18-/m0/s1. The van der Waals surface area contributed by atoms with E-state index in [9.17, 15) is 23.1 Å². The van der Waals surface area contributed by atoms with Crippen LogP contribution in [-0.4, -0.2) is 47.1 Å². The topological polar surface area (TPSA) is 107 Å². The number of hydrogen-bond donors (Lipinski definition) is 2. The normalized spacial score (nSPS) is 13.1. The van der Waals surface area contributed by atoms with Crippen LogP contribution in [-0.2, 0) is 0 Å². The molecular weight excluding hydrogens is 453 g/mol. The van der Waals surface area contributed by atoms with E-state index in [1.165, 1.54) is 36.7 Å². The highest BCUT2D eigenvalue weighted by atomic mass is 19.4. The van der Waals surface area contributed by atoms with Crippen molar-refractivity contribution in [3.05, 3.63) is 72.1 Å². The van der Waals surface area contributed by atoms with Crippen molar-refractivity contribution in [2.24, 2.45) is 0 Å². The highest BCUT2D eigenvalue weighted by molar-refractivity contribution is 6.00. The molecule has 178 valence electrons. The third-order valence-electron chi connectivity index (χ3n) is 5.00. The van der Waals surface area contributed by atoms with Gasteiger partial charge >= 0.3 is 6.36 Å². The Balaban J connectivity index is 1.62. The van der Waals surface area contributed by atoms with Crippen LogP contribution in [0.4, 0.5) is 13.2 Å². The number of nitrogens with zero attached hydrogens (tertiary/aromatic N) is 5. The lowest BCUT2D eigenvalue weighted by molar-refractivity contribution is -0.274. The molecule has 1 amide bonds. The molecule has 4 rings (SSSR count). The summed E-state index contributed by atoms with van der Waals surface area (Å²) in [6, 6.07) is 5.69. The van der Waals surface area contributed by atoms with Crippen LogP contribution in [0.3, 0.4) is 0 Å². The van der Waals surface area contributed by atoms with Crippen molar-refractivity contribution in [1.82, 2.24) is 29.5 Å². The fraction of sp³-hybridized carbons (Fsp3) is 0.273. The van der Waals surface area contributed by atoms with E-state index in [4.69, 9.17) is 0 Å². The summed E-state index contributed by atoms with van der Waals surface area (Å²) in [5, 5.41) is 17.6. The number of aryl methyl sites for hydroxylation is 1. The second-order valence-corrected chi connectivity index (χ2v) is 8.21. The molecule has 4 aromatic rings. The number of nitrogens with one attached hydrogen (secondary N) is 1. The molecule has 0 saturated heterocycles. The molecule has 2 N–H and O–H groups in total. The molecule has 0 spiro atoms. The van der Waals surface area contributed by atoms with Gasteiger partial charge in [0.25, 0.3) is 5.91 Å². The fourth-order valence-electron chi connectivity index (χ4n) is 3.45. The number of benzene rings is 1. The first kappa shape index (κ1) is 23.2. The molecule has 3 heterocycles. The Morgan fingerprint density at radius 1 is 1.18 bits per heavy atom. The number of carbonyl (C=O) groups is 1. The molecule has 0 aliphatic carbocycles. The number of carbonyl (C=O) groups excluding carboxylic acids is 1. The molecule has 0 aliphatic heterocycles. The lowest BCUT2D eigenvalue weighted by Gasteiger charge is -2.30. The van der Waals surface area contributed by atoms with E-state index in [1.807, 2.05) is 6.92 Å². The van der Waals surface area contributed by atoms with Gasteiger partial charge in [0.2, 0.25) is 0 Å². The molecule has 9 nitrogen and oxygen atoms in total. The van der Waals surface area contributed by atoms with Gasteiger partial charge in [-0.25, -0.2) is 14.5 Å². The number of rotatable bonds is 6. The molecule has 1 aromatic carbocycles. The minimum absolute atomic E-state index is 0.157. The lowest BCUT2D eigenvalue weighted by Crippen LogP contribution is -2.42. The van der Waals surface area contributed by atoms with E-state index >= 15 is 0 Å². The Morgan fingerprint density at radius 2 is 1.88 bits per heavy atom. The first-order valence-electron chi connectivity index (χ1n) is 10.1. The number of imidazole rings is 1. The van der Waals surface area contributed by atoms with Gasteiger partial charge in [-0.05, 0) is 44.5 Å². The fourth-order valence-corrected chi connectivity index (χ4v) is 3.45. The Kier molecular flexibility index (Phi) is 5.77. The van der Waals surface area contributed by atoms with Gasteiger partial charge in [0.05, 0.1) is 23.5 Å². The molecule has 0 aliphatic rings. The van der Waals surface area contributed by atoms with Crippen LogP contribution in [0.25, 0.3) is 11.5 Å². The molecule has 34 heavy (non-hydrogen) atoms. The van der Waals surface area contributed by atoms with Crippen LogP contribution in [0, 0.1) is 6.92 Å². The Hall–Kier alpha value is -3.93. The van der Waals surface area contributed by atoms with Crippen LogP contribution in [0.2, 0.25) is 0 Å². The maximum Gasteiger partial charge on any atom is 0.573 e. The number of ether oxygens (including phenoxy) is 1. The van der Waals surface area contributed by atoms with Crippen LogP contribution in [0.1, 0.15) is 41.5 Å². The minimum atomic E-state index is -4.82. The average molecular weight is 474 g/mol. The number of aromatic nitrogens is 5. The van der Waals surface area contributed by atoms with Crippen LogP contribution >= 0.6 is 0 Å². The molecule has 12 heteroatoms. The van der Waals surface area contributed by atoms with Crippen molar-refractivity contribution in [1.29, 1.82) is 0 Å². The first-order valence-corrected chi connectivity index (χ1v) is 10.1. The van der Waals surface area contributed by atoms with Gasteiger partial charge < -0.3 is 15.2 Å². The second-order valence-electron chi connectivity index (χ2n) is 8.21. The molecule has 1 atom stereocenters. The van der Waals surface area contributed by atoms with Gasteiger partial charge in [0.15, 0.2) is 5.65 Å². The van der Waals surface area contributed by atoms with E-state index in [0.29, 0.717) is 11.4 Å². The van der Waals surface area contributed by atoms with Crippen molar-refractivity contribution in [3.8, 4) is 11.6 Å². The maximum absolute atomic E-state index is 13.1. The van der Waals surface area contributed by atoms with Gasteiger partial charge in [-0.1, -0.05) is 12.1 Å². The zero-order valence-electron chi connectivity index (χ0n) is 18.4. The summed E-state index contributed by atoms with van der Waals surface area (Å²) < 4.78 is 44.4. The van der Waals surface area contributed by atoms with Gasteiger partial charge in [-0.3, -0.25) is 9.36 Å². The summed E-state index contributed by atoms with van der Waals surface area (Å²) in [5.74, 6) is -0.447. The van der Waals surface area contributed by atoms with Crippen molar-refractivity contribution in [2.45, 2.75) is 38.8 Å². The van der Waals surface area contributed by atoms with Crippen molar-refractivity contribution in [3.63, 3.8) is 0 Å². The molecule has 0 bridgehead atoms. The third kappa shape index (κ3) is 5.01. The van der Waals surface area contributed by atoms with Gasteiger partial charge in [0, 0.05) is 12.4 Å². The largest absolute Gasteiger partial charge is 0.573 e. The van der Waals surface area contributed by atoms with Crippen molar-refractivity contribution in [2.75, 3.05) is 0 Å². The van der Waals surface area contributed by atoms with Crippen LogP contribution < -0.4 is 10.1 Å². The van der Waals surface area contributed by atoms with Gasteiger partial charge in [-0.2, -0.15) is 5.10 Å². The Labute approximate surface area is 191 Å². The molecule has 0 unspecified atom stereocenters. The summed E-state index contributed by atoms with van der Waals surface area (Å²) in [7, 11) is 0. The lowest BCUT2D eigenvalue weighted by atomic mass is 9.91. The Bertz CT molecular complexity index is 1320. The number of halogens is 3. The third-order valence-corrected chi connectivity index (χ3v) is 5.00. The van der Waals surface area contributed by atoms with Gasteiger partial charge in [0.1, 0.15) is 23.5 Å². The number of hydrogen-bond acceptors (Lipinski definition) is 6. The minimum Gasteiger partial charge on any atom is -0.406 e. The van der Waals surface area contributed by atoms with E-state index in [-0.39, 0.29) is 11.2 Å². The van der Waals surface area contributed by atoms with Crippen LogP contribution in [0.15, 0.2) is 55.2 Å². The maximum atomic E-state index is 13.1. The molecule has 3 aromatic heterocycles. The molecule has 0 radical (unpaired) electrons. The summed E-state index contributed by atoms with van der Waals surface area (Å²) in [6.45, 7) is 4.79. The summed E-state index contributed by atoms with van der Waals surface area (Å²) >= 11 is 0. The molecule has 0 saturated carbocycles. The van der Waals surface area contributed by atoms with Crippen LogP contribution in [0.5, 0.6) is 5.75 Å². The zero-order valence-corrected chi connectivity index (χ0v) is 18.4. The quantitative estimate of drug-likeness (QED) is 0.444. The van der Waals surface area contributed by atoms with Crippen molar-refractivity contribution < 1.29 is 27.8 Å². The predicted octanol–water partition coefficient (Wildman–Crippen LogP) is 3.36. The first-order chi connectivity index (χ1) is 15.9. The SMILES string of the molecule is Cc1cn(-c2ccn3ncc(C(=O)N[C@@H](c4ccc(OC(F)(F)F)cc4)C(C)(C)O)c3n2)cn1. The summed E-state index contributed by atoms with van der Waals surface area (Å²) in [6.07, 6.45) is 1.56.